The highest BCUT2D eigenvalue weighted by molar-refractivity contribution is 7.22. The maximum absolute atomic E-state index is 14.0. The van der Waals surface area contributed by atoms with Crippen LogP contribution in [0.3, 0.4) is 0 Å². The number of fused-ring (bicyclic) bond motifs is 2. The first-order chi connectivity index (χ1) is 20.3. The van der Waals surface area contributed by atoms with Crippen LogP contribution >= 0.6 is 11.3 Å². The monoisotopic (exact) mass is 588 g/mol. The molecule has 216 valence electrons. The maximum atomic E-state index is 14.0. The van der Waals surface area contributed by atoms with E-state index in [0.29, 0.717) is 52.5 Å². The molecule has 1 N–H and O–H groups in total. The molecule has 4 aromatic rings. The van der Waals surface area contributed by atoms with Gasteiger partial charge in [0.2, 0.25) is 0 Å². The van der Waals surface area contributed by atoms with Crippen molar-refractivity contribution in [2.45, 2.75) is 45.8 Å². The summed E-state index contributed by atoms with van der Waals surface area (Å²) in [5, 5.41) is 11.8. The number of carbonyl (C=O) groups is 2. The summed E-state index contributed by atoms with van der Waals surface area (Å²) in [5.41, 5.74) is 2.23. The number of hydrogen-bond donors (Lipinski definition) is 1. The molecule has 2 aliphatic rings. The second-order valence-electron chi connectivity index (χ2n) is 10.2. The Morgan fingerprint density at radius 2 is 1.93 bits per heavy atom. The molecule has 1 fully saturated rings. The summed E-state index contributed by atoms with van der Waals surface area (Å²) >= 11 is 1.09. The predicted molar refractivity (Wildman–Crippen MR) is 158 cm³/mol. The number of aliphatic hydroxyl groups is 1. The lowest BCUT2D eigenvalue weighted by atomic mass is 9.94. The maximum Gasteiger partial charge on any atom is 0.301 e. The third-order valence-electron chi connectivity index (χ3n) is 7.20. The Morgan fingerprint density at radius 3 is 2.71 bits per heavy atom. The number of ether oxygens (including phenoxy) is 3. The molecule has 8 nitrogen and oxygen atoms in total. The topological polar surface area (TPSA) is 98.2 Å². The molecule has 0 bridgehead atoms. The molecule has 0 aliphatic carbocycles. The van der Waals surface area contributed by atoms with E-state index < -0.39 is 23.5 Å². The van der Waals surface area contributed by atoms with Crippen LogP contribution in [0.25, 0.3) is 16.0 Å². The first-order valence-corrected chi connectivity index (χ1v) is 14.7. The average molecular weight is 589 g/mol. The lowest BCUT2D eigenvalue weighted by Crippen LogP contribution is -2.29. The van der Waals surface area contributed by atoms with Crippen molar-refractivity contribution in [3.63, 3.8) is 0 Å². The lowest BCUT2D eigenvalue weighted by Gasteiger charge is -2.24. The minimum absolute atomic E-state index is 0.00252. The highest BCUT2D eigenvalue weighted by Crippen LogP contribution is 2.46. The lowest BCUT2D eigenvalue weighted by molar-refractivity contribution is -0.132. The smallest absolute Gasteiger partial charge is 0.301 e. The Labute approximate surface area is 246 Å². The van der Waals surface area contributed by atoms with Gasteiger partial charge in [-0.25, -0.2) is 9.37 Å². The van der Waals surface area contributed by atoms with E-state index in [1.807, 2.05) is 20.8 Å². The van der Waals surface area contributed by atoms with Crippen LogP contribution in [0.2, 0.25) is 0 Å². The van der Waals surface area contributed by atoms with Crippen molar-refractivity contribution in [3.8, 4) is 17.2 Å². The summed E-state index contributed by atoms with van der Waals surface area (Å²) in [6.07, 6.45) is 1.46. The number of Topliss-reactive ketones (excluding diaryl/α,β-unsaturated/α-hetero) is 1. The van der Waals surface area contributed by atoms with E-state index >= 15 is 0 Å². The Morgan fingerprint density at radius 1 is 1.10 bits per heavy atom. The number of nitrogens with zero attached hydrogens (tertiary/aromatic N) is 2. The first-order valence-electron chi connectivity index (χ1n) is 13.9. The molecule has 3 heterocycles. The Kier molecular flexibility index (Phi) is 7.32. The van der Waals surface area contributed by atoms with Crippen LogP contribution < -0.4 is 19.1 Å². The molecule has 10 heteroatoms. The number of anilines is 1. The molecule has 0 spiro atoms. The Bertz CT molecular complexity index is 1750. The van der Waals surface area contributed by atoms with Crippen LogP contribution in [0, 0.1) is 5.82 Å². The zero-order valence-electron chi connectivity index (χ0n) is 23.3. The number of benzene rings is 3. The number of amides is 1. The van der Waals surface area contributed by atoms with Crippen molar-refractivity contribution < 1.29 is 33.3 Å². The quantitative estimate of drug-likeness (QED) is 0.141. The van der Waals surface area contributed by atoms with Crippen molar-refractivity contribution in [1.29, 1.82) is 0 Å². The fourth-order valence-corrected chi connectivity index (χ4v) is 6.37. The largest absolute Gasteiger partial charge is 0.507 e. The van der Waals surface area contributed by atoms with Crippen LogP contribution in [0.1, 0.15) is 49.9 Å². The summed E-state index contributed by atoms with van der Waals surface area (Å²) < 4.78 is 32.0. The standard InChI is InChI=1S/C32H29FN2O6S/c1-4-12-40-24-11-6-18(15-25(24)39-5-2)28-27(29(36)19-7-10-23-20(14-19)13-17(3)41-23)30(37)31(38)35(28)32-34-22-9-8-21(33)16-26(22)42-32/h6-11,14-17,28,36H,4-5,12-13H2,1-3H3/b29-27+. The number of hydrogen-bond acceptors (Lipinski definition) is 8. The molecule has 0 saturated carbocycles. The molecule has 1 saturated heterocycles. The van der Waals surface area contributed by atoms with E-state index in [0.717, 1.165) is 29.1 Å². The summed E-state index contributed by atoms with van der Waals surface area (Å²) in [4.78, 5) is 33.2. The van der Waals surface area contributed by atoms with Gasteiger partial charge in [0, 0.05) is 12.0 Å². The minimum Gasteiger partial charge on any atom is -0.507 e. The molecule has 6 rings (SSSR count). The molecule has 2 aliphatic heterocycles. The van der Waals surface area contributed by atoms with Gasteiger partial charge in [0.1, 0.15) is 23.4 Å². The van der Waals surface area contributed by atoms with Gasteiger partial charge in [0.15, 0.2) is 16.6 Å². The molecule has 1 aromatic heterocycles. The predicted octanol–water partition coefficient (Wildman–Crippen LogP) is 6.57. The van der Waals surface area contributed by atoms with Crippen LogP contribution in [0.15, 0.2) is 60.2 Å². The molecular formula is C32H29FN2O6S. The van der Waals surface area contributed by atoms with Crippen molar-refractivity contribution in [1.82, 2.24) is 4.98 Å². The van der Waals surface area contributed by atoms with E-state index in [1.165, 1.54) is 23.1 Å². The molecule has 3 aromatic carbocycles. The van der Waals surface area contributed by atoms with E-state index in [9.17, 15) is 19.1 Å². The number of aromatic nitrogens is 1. The number of aliphatic hydroxyl groups excluding tert-OH is 1. The molecule has 42 heavy (non-hydrogen) atoms. The minimum atomic E-state index is -1.03. The van der Waals surface area contributed by atoms with Gasteiger partial charge >= 0.3 is 5.91 Å². The second-order valence-corrected chi connectivity index (χ2v) is 11.2. The summed E-state index contributed by atoms with van der Waals surface area (Å²) in [6.45, 7) is 6.66. The van der Waals surface area contributed by atoms with Crippen molar-refractivity contribution in [2.75, 3.05) is 18.1 Å². The van der Waals surface area contributed by atoms with Gasteiger partial charge in [-0.2, -0.15) is 0 Å². The van der Waals surface area contributed by atoms with Crippen LogP contribution in [0.4, 0.5) is 9.52 Å². The third kappa shape index (κ3) is 4.85. The number of carbonyl (C=O) groups excluding carboxylic acids is 2. The van der Waals surface area contributed by atoms with Crippen molar-refractivity contribution in [3.05, 3.63) is 82.7 Å². The van der Waals surface area contributed by atoms with E-state index in [-0.39, 0.29) is 22.6 Å². The molecule has 2 atom stereocenters. The summed E-state index contributed by atoms with van der Waals surface area (Å²) in [6, 6.07) is 13.5. The summed E-state index contributed by atoms with van der Waals surface area (Å²) in [7, 11) is 0. The number of halogens is 1. The second kappa shape index (κ2) is 11.1. The fraction of sp³-hybridized carbons (Fsp3) is 0.281. The number of ketones is 1. The van der Waals surface area contributed by atoms with Crippen LogP contribution in [-0.4, -0.2) is 41.1 Å². The molecule has 1 amide bonds. The Hall–Kier alpha value is -4.44. The highest BCUT2D eigenvalue weighted by atomic mass is 32.1. The van der Waals surface area contributed by atoms with Gasteiger partial charge in [-0.15, -0.1) is 0 Å². The third-order valence-corrected chi connectivity index (χ3v) is 8.22. The van der Waals surface area contributed by atoms with Gasteiger partial charge in [-0.1, -0.05) is 24.3 Å². The summed E-state index contributed by atoms with van der Waals surface area (Å²) in [5.74, 6) is -0.732. The van der Waals surface area contributed by atoms with Crippen LogP contribution in [0.5, 0.6) is 17.2 Å². The number of thiazole rings is 1. The van der Waals surface area contributed by atoms with Gasteiger partial charge in [0.05, 0.1) is 35.0 Å². The zero-order chi connectivity index (χ0) is 29.5. The molecular weight excluding hydrogens is 559 g/mol. The average Bonchev–Trinajstić information content (AvgIpc) is 3.63. The molecule has 2 unspecified atom stereocenters. The normalized spacial score (nSPS) is 19.3. The van der Waals surface area contributed by atoms with Crippen molar-refractivity contribution >= 4 is 44.1 Å². The van der Waals surface area contributed by atoms with E-state index in [4.69, 9.17) is 14.2 Å². The highest BCUT2D eigenvalue weighted by Gasteiger charge is 2.48. The number of rotatable bonds is 8. The van der Waals surface area contributed by atoms with Gasteiger partial charge in [-0.3, -0.25) is 14.5 Å². The Balaban J connectivity index is 1.53. The van der Waals surface area contributed by atoms with Crippen molar-refractivity contribution in [2.24, 2.45) is 0 Å². The van der Waals surface area contributed by atoms with E-state index in [1.54, 1.807) is 36.4 Å². The first kappa shape index (κ1) is 27.7. The molecule has 0 radical (unpaired) electrons. The fourth-order valence-electron chi connectivity index (χ4n) is 5.35. The zero-order valence-corrected chi connectivity index (χ0v) is 24.2. The SMILES string of the molecule is CCCOc1ccc(C2/C(=C(\O)c3ccc4c(c3)CC(C)O4)C(=O)C(=O)N2c2nc3ccc(F)cc3s2)cc1OCC. The van der Waals surface area contributed by atoms with Gasteiger partial charge < -0.3 is 19.3 Å². The van der Waals surface area contributed by atoms with Gasteiger partial charge in [0.25, 0.3) is 5.78 Å². The van der Waals surface area contributed by atoms with E-state index in [2.05, 4.69) is 4.98 Å². The van der Waals surface area contributed by atoms with Crippen LogP contribution in [-0.2, 0) is 16.0 Å². The van der Waals surface area contributed by atoms with Gasteiger partial charge in [-0.05, 0) is 79.9 Å².